The van der Waals surface area contributed by atoms with Crippen LogP contribution in [0.15, 0.2) is 24.3 Å². The van der Waals surface area contributed by atoms with Gasteiger partial charge in [0.1, 0.15) is 0 Å². The minimum absolute atomic E-state index is 0.428. The van der Waals surface area contributed by atoms with E-state index in [0.29, 0.717) is 5.88 Å². The summed E-state index contributed by atoms with van der Waals surface area (Å²) in [5.74, 6) is 1.27. The fourth-order valence-corrected chi connectivity index (χ4v) is 1.91. The molecule has 17 heavy (non-hydrogen) atoms. The summed E-state index contributed by atoms with van der Waals surface area (Å²) in [7, 11) is 0. The van der Waals surface area contributed by atoms with Crippen LogP contribution in [0.25, 0.3) is 5.82 Å². The number of rotatable bonds is 4. The van der Waals surface area contributed by atoms with E-state index < -0.39 is 0 Å². The molecule has 0 radical (unpaired) electrons. The minimum Gasteiger partial charge on any atom is -0.232 e. The van der Waals surface area contributed by atoms with Gasteiger partial charge in [0.25, 0.3) is 0 Å². The van der Waals surface area contributed by atoms with Crippen LogP contribution < -0.4 is 0 Å². The molecule has 3 nitrogen and oxygen atoms in total. The van der Waals surface area contributed by atoms with Crippen LogP contribution in [-0.4, -0.2) is 14.8 Å². The van der Waals surface area contributed by atoms with E-state index in [9.17, 15) is 0 Å². The van der Waals surface area contributed by atoms with Crippen molar-refractivity contribution in [3.8, 4) is 5.82 Å². The first-order chi connectivity index (χ1) is 8.28. The van der Waals surface area contributed by atoms with Crippen LogP contribution in [0.5, 0.6) is 0 Å². The first-order valence-electron chi connectivity index (χ1n) is 5.88. The molecule has 0 N–H and O–H groups in total. The topological polar surface area (TPSA) is 30.7 Å². The van der Waals surface area contributed by atoms with Gasteiger partial charge in [0.15, 0.2) is 5.82 Å². The molecule has 90 valence electrons. The molecule has 4 heteroatoms. The molecule has 0 aliphatic heterocycles. The Hall–Kier alpha value is -1.35. The Kier molecular flexibility index (Phi) is 3.79. The highest BCUT2D eigenvalue weighted by Gasteiger charge is 2.08. The van der Waals surface area contributed by atoms with Crippen molar-refractivity contribution in [2.75, 3.05) is 0 Å². The number of pyridine rings is 1. The largest absolute Gasteiger partial charge is 0.232 e. The van der Waals surface area contributed by atoms with Crippen molar-refractivity contribution < 1.29 is 0 Å². The molecule has 0 saturated heterocycles. The lowest BCUT2D eigenvalue weighted by atomic mass is 10.2. The van der Waals surface area contributed by atoms with Gasteiger partial charge >= 0.3 is 0 Å². The van der Waals surface area contributed by atoms with Gasteiger partial charge in [-0.05, 0) is 31.0 Å². The fraction of sp³-hybridized carbons (Fsp3) is 0.385. The zero-order valence-corrected chi connectivity index (χ0v) is 10.9. The number of halogens is 1. The van der Waals surface area contributed by atoms with Crippen LogP contribution in [0.1, 0.15) is 30.9 Å². The first-order valence-corrected chi connectivity index (χ1v) is 6.42. The molecule has 2 heterocycles. The number of aryl methyl sites for hydroxylation is 2. The molecule has 0 unspecified atom stereocenters. The van der Waals surface area contributed by atoms with Gasteiger partial charge < -0.3 is 0 Å². The summed E-state index contributed by atoms with van der Waals surface area (Å²) in [5.41, 5.74) is 3.15. The van der Waals surface area contributed by atoms with E-state index in [1.54, 1.807) is 0 Å². The van der Waals surface area contributed by atoms with Gasteiger partial charge in [0.05, 0.1) is 17.3 Å². The molecule has 2 aromatic heterocycles. The lowest BCUT2D eigenvalue weighted by Crippen LogP contribution is -2.05. The van der Waals surface area contributed by atoms with E-state index in [2.05, 4.69) is 30.0 Å². The average Bonchev–Trinajstić information content (AvgIpc) is 2.82. The zero-order chi connectivity index (χ0) is 12.3. The van der Waals surface area contributed by atoms with Crippen LogP contribution >= 0.6 is 11.6 Å². The summed E-state index contributed by atoms with van der Waals surface area (Å²) in [5, 5.41) is 4.56. The molecule has 0 fully saturated rings. The molecule has 2 aromatic rings. The van der Waals surface area contributed by atoms with E-state index >= 15 is 0 Å². The van der Waals surface area contributed by atoms with Gasteiger partial charge in [-0.2, -0.15) is 5.10 Å². The monoisotopic (exact) mass is 249 g/mol. The Labute approximate surface area is 106 Å². The Morgan fingerprint density at radius 2 is 2.00 bits per heavy atom. The zero-order valence-electron chi connectivity index (χ0n) is 10.2. The highest BCUT2D eigenvalue weighted by atomic mass is 35.5. The van der Waals surface area contributed by atoms with E-state index in [-0.39, 0.29) is 0 Å². The number of hydrogen-bond acceptors (Lipinski definition) is 2. The molecule has 0 bridgehead atoms. The highest BCUT2D eigenvalue weighted by Crippen LogP contribution is 2.13. The van der Waals surface area contributed by atoms with E-state index in [1.165, 1.54) is 5.69 Å². The molecule has 0 atom stereocenters. The Balaban J connectivity index is 2.47. The Bertz CT molecular complexity index is 505. The van der Waals surface area contributed by atoms with Crippen molar-refractivity contribution in [2.24, 2.45) is 0 Å². The smallest absolute Gasteiger partial charge is 0.153 e. The van der Waals surface area contributed by atoms with Crippen molar-refractivity contribution in [2.45, 2.75) is 32.6 Å². The molecule has 0 aromatic carbocycles. The minimum atomic E-state index is 0.428. The van der Waals surface area contributed by atoms with Crippen molar-refractivity contribution in [1.29, 1.82) is 0 Å². The van der Waals surface area contributed by atoms with Gasteiger partial charge in [-0.15, -0.1) is 11.6 Å². The second-order valence-corrected chi connectivity index (χ2v) is 4.13. The van der Waals surface area contributed by atoms with E-state index in [0.717, 1.165) is 30.0 Å². The van der Waals surface area contributed by atoms with Gasteiger partial charge in [0, 0.05) is 5.69 Å². The molecule has 0 spiro atoms. The lowest BCUT2D eigenvalue weighted by molar-refractivity contribution is 0.768. The third-order valence-electron chi connectivity index (χ3n) is 2.70. The maximum atomic E-state index is 5.80. The predicted molar refractivity (Wildman–Crippen MR) is 69.7 cm³/mol. The summed E-state index contributed by atoms with van der Waals surface area (Å²) in [4.78, 5) is 4.49. The van der Waals surface area contributed by atoms with E-state index in [1.807, 2.05) is 22.9 Å². The van der Waals surface area contributed by atoms with Crippen LogP contribution in [-0.2, 0) is 18.7 Å². The number of hydrogen-bond donors (Lipinski definition) is 0. The van der Waals surface area contributed by atoms with Gasteiger partial charge in [-0.3, -0.25) is 0 Å². The summed E-state index contributed by atoms with van der Waals surface area (Å²) < 4.78 is 1.91. The second kappa shape index (κ2) is 5.32. The number of alkyl halides is 1. The third kappa shape index (κ3) is 2.50. The SMILES string of the molecule is CCc1cc(CC)n(-c2cccc(CCl)n2)n1. The third-order valence-corrected chi connectivity index (χ3v) is 2.98. The summed E-state index contributed by atoms with van der Waals surface area (Å²) in [6, 6.07) is 7.98. The summed E-state index contributed by atoms with van der Waals surface area (Å²) in [6.45, 7) is 4.23. The Morgan fingerprint density at radius 3 is 2.65 bits per heavy atom. The highest BCUT2D eigenvalue weighted by molar-refractivity contribution is 6.16. The van der Waals surface area contributed by atoms with Crippen LogP contribution in [0.2, 0.25) is 0 Å². The van der Waals surface area contributed by atoms with Crippen molar-refractivity contribution in [1.82, 2.24) is 14.8 Å². The molecule has 0 amide bonds. The molecule has 2 rings (SSSR count). The normalized spacial score (nSPS) is 10.8. The van der Waals surface area contributed by atoms with Gasteiger partial charge in [-0.1, -0.05) is 19.9 Å². The molecular formula is C13H16ClN3. The van der Waals surface area contributed by atoms with Crippen molar-refractivity contribution >= 4 is 11.6 Å². The fourth-order valence-electron chi connectivity index (χ4n) is 1.76. The Morgan fingerprint density at radius 1 is 1.18 bits per heavy atom. The lowest BCUT2D eigenvalue weighted by Gasteiger charge is -2.05. The van der Waals surface area contributed by atoms with Crippen LogP contribution in [0, 0.1) is 0 Å². The summed E-state index contributed by atoms with van der Waals surface area (Å²) in [6.07, 6.45) is 1.88. The van der Waals surface area contributed by atoms with Gasteiger partial charge in [0.2, 0.25) is 0 Å². The number of aromatic nitrogens is 3. The van der Waals surface area contributed by atoms with Crippen LogP contribution in [0.4, 0.5) is 0 Å². The van der Waals surface area contributed by atoms with Crippen molar-refractivity contribution in [3.05, 3.63) is 41.3 Å². The van der Waals surface area contributed by atoms with Crippen LogP contribution in [0.3, 0.4) is 0 Å². The molecule has 0 saturated carbocycles. The quantitative estimate of drug-likeness (QED) is 0.780. The summed E-state index contributed by atoms with van der Waals surface area (Å²) >= 11 is 5.80. The maximum absolute atomic E-state index is 5.80. The predicted octanol–water partition coefficient (Wildman–Crippen LogP) is 3.13. The van der Waals surface area contributed by atoms with Gasteiger partial charge in [-0.25, -0.2) is 9.67 Å². The van der Waals surface area contributed by atoms with E-state index in [4.69, 9.17) is 11.6 Å². The molecule has 0 aliphatic rings. The molecule has 0 aliphatic carbocycles. The maximum Gasteiger partial charge on any atom is 0.153 e. The standard InChI is InChI=1S/C13H16ClN3/c1-3-10-8-12(4-2)17(16-10)13-7-5-6-11(9-14)15-13/h5-8H,3-4,9H2,1-2H3. The second-order valence-electron chi connectivity index (χ2n) is 3.87. The first kappa shape index (κ1) is 12.1. The number of nitrogens with zero attached hydrogens (tertiary/aromatic N) is 3. The average molecular weight is 250 g/mol. The molecular weight excluding hydrogens is 234 g/mol. The van der Waals surface area contributed by atoms with Crippen molar-refractivity contribution in [3.63, 3.8) is 0 Å².